The highest BCUT2D eigenvalue weighted by molar-refractivity contribution is 5.98. The van der Waals surface area contributed by atoms with Crippen molar-refractivity contribution >= 4 is 17.6 Å². The first-order chi connectivity index (χ1) is 15.5. The summed E-state index contributed by atoms with van der Waals surface area (Å²) in [6, 6.07) is 16.7. The second kappa shape index (κ2) is 7.77. The third kappa shape index (κ3) is 3.43. The fraction of sp³-hybridized carbons (Fsp3) is 0.174. The number of hydrogen-bond acceptors (Lipinski definition) is 4. The highest BCUT2D eigenvalue weighted by atomic mass is 16.5. The van der Waals surface area contributed by atoms with Gasteiger partial charge in [0.25, 0.3) is 5.91 Å². The van der Waals surface area contributed by atoms with Gasteiger partial charge in [0.1, 0.15) is 17.2 Å². The molecule has 0 bridgehead atoms. The van der Waals surface area contributed by atoms with E-state index in [2.05, 4.69) is 5.10 Å². The fourth-order valence-electron chi connectivity index (χ4n) is 4.06. The van der Waals surface area contributed by atoms with Gasteiger partial charge in [-0.2, -0.15) is 0 Å². The van der Waals surface area contributed by atoms with Crippen molar-refractivity contribution in [3.8, 4) is 22.8 Å². The van der Waals surface area contributed by atoms with E-state index >= 15 is 0 Å². The van der Waals surface area contributed by atoms with Gasteiger partial charge in [-0.3, -0.25) is 9.89 Å². The van der Waals surface area contributed by atoms with Crippen molar-refractivity contribution in [2.24, 2.45) is 5.73 Å². The number of carbonyl (C=O) groups excluding carboxylic acids is 1. The van der Waals surface area contributed by atoms with Crippen molar-refractivity contribution in [1.29, 1.82) is 0 Å². The number of nitrogens with one attached hydrogen (secondary N) is 1. The minimum Gasteiger partial charge on any atom is -0.465 e. The third-order valence-electron chi connectivity index (χ3n) is 5.57. The van der Waals surface area contributed by atoms with Crippen molar-refractivity contribution in [3.05, 3.63) is 71.5 Å². The number of fused-ring (bicyclic) bond motifs is 3. The summed E-state index contributed by atoms with van der Waals surface area (Å²) in [7, 11) is 0. The molecule has 1 aliphatic heterocycles. The molecule has 4 aromatic rings. The van der Waals surface area contributed by atoms with Crippen LogP contribution in [0.3, 0.4) is 0 Å². The zero-order chi connectivity index (χ0) is 22.2. The zero-order valence-electron chi connectivity index (χ0n) is 17.1. The van der Waals surface area contributed by atoms with Gasteiger partial charge in [0.05, 0.1) is 6.54 Å². The zero-order valence-corrected chi connectivity index (χ0v) is 17.1. The molecule has 0 spiro atoms. The molecule has 0 saturated heterocycles. The smallest absolute Gasteiger partial charge is 0.407 e. The Hall–Kier alpha value is -4.27. The molecule has 0 saturated carbocycles. The van der Waals surface area contributed by atoms with Crippen LogP contribution in [-0.2, 0) is 13.0 Å². The second-order valence-corrected chi connectivity index (χ2v) is 7.65. The Balaban J connectivity index is 1.54. The number of carbonyl (C=O) groups is 2. The largest absolute Gasteiger partial charge is 0.465 e. The van der Waals surface area contributed by atoms with E-state index in [4.69, 9.17) is 15.5 Å². The molecule has 2 aromatic heterocycles. The van der Waals surface area contributed by atoms with E-state index in [0.717, 1.165) is 17.0 Å². The molecule has 2 aromatic carbocycles. The van der Waals surface area contributed by atoms with Gasteiger partial charge in [-0.05, 0) is 49.2 Å². The molecule has 9 heteroatoms. The molecule has 5 rings (SSSR count). The van der Waals surface area contributed by atoms with Gasteiger partial charge in [-0.25, -0.2) is 14.3 Å². The lowest BCUT2D eigenvalue weighted by Gasteiger charge is -2.15. The number of rotatable bonds is 4. The molecule has 0 radical (unpaired) electrons. The number of aromatic amines is 1. The lowest BCUT2D eigenvalue weighted by molar-refractivity contribution is 0.0994. The van der Waals surface area contributed by atoms with Crippen LogP contribution in [0.25, 0.3) is 16.9 Å². The van der Waals surface area contributed by atoms with E-state index in [1.54, 1.807) is 16.6 Å². The summed E-state index contributed by atoms with van der Waals surface area (Å²) in [5.74, 6) is 0.749. The Morgan fingerprint density at radius 2 is 1.78 bits per heavy atom. The van der Waals surface area contributed by atoms with Gasteiger partial charge < -0.3 is 20.5 Å². The predicted molar refractivity (Wildman–Crippen MR) is 117 cm³/mol. The number of nitrogens with two attached hydrogens (primary N) is 1. The first-order valence-electron chi connectivity index (χ1n) is 10.2. The first-order valence-corrected chi connectivity index (χ1v) is 10.2. The van der Waals surface area contributed by atoms with Crippen molar-refractivity contribution in [1.82, 2.24) is 19.5 Å². The Kier molecular flexibility index (Phi) is 4.78. The van der Waals surface area contributed by atoms with Crippen LogP contribution >= 0.6 is 0 Å². The minimum absolute atomic E-state index is 0.205. The van der Waals surface area contributed by atoms with Crippen LogP contribution in [0.15, 0.2) is 54.6 Å². The number of amides is 2. The van der Waals surface area contributed by atoms with Crippen LogP contribution in [-0.4, -0.2) is 43.1 Å². The third-order valence-corrected chi connectivity index (χ3v) is 5.57. The number of imidazole rings is 1. The van der Waals surface area contributed by atoms with E-state index in [-0.39, 0.29) is 12.2 Å². The summed E-state index contributed by atoms with van der Waals surface area (Å²) in [6.07, 6.45) is 0.375. The number of nitrogens with zero attached hydrogens (tertiary/aromatic N) is 3. The van der Waals surface area contributed by atoms with Crippen molar-refractivity contribution < 1.29 is 19.4 Å². The number of aromatic nitrogens is 3. The maximum Gasteiger partial charge on any atom is 0.407 e. The maximum absolute atomic E-state index is 12.3. The van der Waals surface area contributed by atoms with Gasteiger partial charge in [0.2, 0.25) is 0 Å². The van der Waals surface area contributed by atoms with Crippen molar-refractivity contribution in [2.45, 2.75) is 19.4 Å². The van der Waals surface area contributed by atoms with Crippen LogP contribution in [0.1, 0.15) is 28.2 Å². The SMILES string of the molecule is NC(=O)c1c(-c2ccc(Oc3ccccc3)cc2)nc2c3c([nH]n12)CCCN(C(=O)O)C3. The molecule has 0 aliphatic carbocycles. The number of H-pyrrole nitrogens is 1. The number of ether oxygens (including phenoxy) is 1. The summed E-state index contributed by atoms with van der Waals surface area (Å²) in [6.45, 7) is 0.652. The summed E-state index contributed by atoms with van der Waals surface area (Å²) in [4.78, 5) is 29.9. The summed E-state index contributed by atoms with van der Waals surface area (Å²) >= 11 is 0. The summed E-state index contributed by atoms with van der Waals surface area (Å²) in [5, 5.41) is 12.7. The van der Waals surface area contributed by atoms with E-state index in [1.807, 2.05) is 42.5 Å². The van der Waals surface area contributed by atoms with Crippen LogP contribution < -0.4 is 10.5 Å². The molecule has 1 aliphatic rings. The van der Waals surface area contributed by atoms with Crippen molar-refractivity contribution in [3.63, 3.8) is 0 Å². The molecule has 4 N–H and O–H groups in total. The normalized spacial score (nSPS) is 13.6. The molecule has 2 amide bonds. The van der Waals surface area contributed by atoms with Crippen LogP contribution in [0.5, 0.6) is 11.5 Å². The van der Waals surface area contributed by atoms with Gasteiger partial charge >= 0.3 is 6.09 Å². The van der Waals surface area contributed by atoms with Gasteiger partial charge in [-0.15, -0.1) is 0 Å². The fourth-order valence-corrected chi connectivity index (χ4v) is 4.06. The Morgan fingerprint density at radius 1 is 1.06 bits per heavy atom. The molecule has 3 heterocycles. The number of benzene rings is 2. The maximum atomic E-state index is 12.3. The lowest BCUT2D eigenvalue weighted by atomic mass is 10.1. The van der Waals surface area contributed by atoms with E-state index in [0.29, 0.717) is 42.0 Å². The monoisotopic (exact) mass is 431 g/mol. The molecule has 0 atom stereocenters. The number of aryl methyl sites for hydroxylation is 1. The van der Waals surface area contributed by atoms with Crippen molar-refractivity contribution in [2.75, 3.05) is 6.54 Å². The molecule has 32 heavy (non-hydrogen) atoms. The lowest BCUT2D eigenvalue weighted by Crippen LogP contribution is -2.28. The Bertz CT molecular complexity index is 1310. The van der Waals surface area contributed by atoms with Crippen LogP contribution in [0.2, 0.25) is 0 Å². The van der Waals surface area contributed by atoms with E-state index < -0.39 is 12.0 Å². The van der Waals surface area contributed by atoms with E-state index in [1.165, 1.54) is 4.90 Å². The molecule has 162 valence electrons. The minimum atomic E-state index is -0.979. The van der Waals surface area contributed by atoms with Gasteiger partial charge in [0, 0.05) is 23.4 Å². The Labute approximate surface area is 183 Å². The van der Waals surface area contributed by atoms with E-state index in [9.17, 15) is 14.7 Å². The standard InChI is InChI=1S/C23H21N5O4/c24-21(29)20-19(14-8-10-16(11-9-14)32-15-5-2-1-3-6-15)25-22-17-13-27(23(30)31)12-4-7-18(17)26-28(20)22/h1-3,5-6,8-11,26H,4,7,12-13H2,(H2,24,29)(H,30,31). The average Bonchev–Trinajstić information content (AvgIpc) is 3.22. The quantitative estimate of drug-likeness (QED) is 0.455. The highest BCUT2D eigenvalue weighted by Gasteiger charge is 2.27. The molecular formula is C23H21N5O4. The molecular weight excluding hydrogens is 410 g/mol. The predicted octanol–water partition coefficient (Wildman–Crippen LogP) is 3.65. The average molecular weight is 431 g/mol. The number of para-hydroxylation sites is 1. The molecule has 9 nitrogen and oxygen atoms in total. The molecule has 0 fully saturated rings. The number of carboxylic acid groups (broad SMARTS) is 1. The Morgan fingerprint density at radius 3 is 2.47 bits per heavy atom. The number of primary amides is 1. The molecule has 0 unspecified atom stereocenters. The topological polar surface area (TPSA) is 126 Å². The first kappa shape index (κ1) is 19.7. The number of hydrogen-bond donors (Lipinski definition) is 3. The summed E-state index contributed by atoms with van der Waals surface area (Å²) in [5.41, 5.74) is 9.23. The summed E-state index contributed by atoms with van der Waals surface area (Å²) < 4.78 is 7.40. The van der Waals surface area contributed by atoms with Crippen LogP contribution in [0, 0.1) is 0 Å². The second-order valence-electron chi connectivity index (χ2n) is 7.65. The highest BCUT2D eigenvalue weighted by Crippen LogP contribution is 2.31. The van der Waals surface area contributed by atoms with Gasteiger partial charge in [0.15, 0.2) is 11.3 Å². The van der Waals surface area contributed by atoms with Gasteiger partial charge in [-0.1, -0.05) is 18.2 Å². The van der Waals surface area contributed by atoms with Crippen LogP contribution in [0.4, 0.5) is 4.79 Å².